The number of carbonyl (C=O) groups excluding carboxylic acids is 2. The standard InChI is InChI=1S/C19H16N2O3S/c1-3-12-21(19-20-15-6-4-5-7-16(15)25-19)17(22)13-8-10-14(11-9-13)18(23)24-2/h3-11H,1,12H2,2H3. The quantitative estimate of drug-likeness (QED) is 0.516. The average Bonchev–Trinajstić information content (AvgIpc) is 3.08. The number of methoxy groups -OCH3 is 1. The lowest BCUT2D eigenvalue weighted by molar-refractivity contribution is 0.0600. The molecule has 0 fully saturated rings. The lowest BCUT2D eigenvalue weighted by Crippen LogP contribution is -2.30. The smallest absolute Gasteiger partial charge is 0.337 e. The zero-order valence-corrected chi connectivity index (χ0v) is 14.5. The Morgan fingerprint density at radius 2 is 1.84 bits per heavy atom. The first-order chi connectivity index (χ1) is 12.1. The Balaban J connectivity index is 1.93. The highest BCUT2D eigenvalue weighted by Gasteiger charge is 2.20. The van der Waals surface area contributed by atoms with Crippen molar-refractivity contribution in [3.8, 4) is 0 Å². The number of anilines is 1. The molecule has 0 aliphatic carbocycles. The van der Waals surface area contributed by atoms with Gasteiger partial charge in [0.2, 0.25) is 0 Å². The van der Waals surface area contributed by atoms with Crippen molar-refractivity contribution in [3.63, 3.8) is 0 Å². The number of fused-ring (bicyclic) bond motifs is 1. The van der Waals surface area contributed by atoms with Gasteiger partial charge in [0.15, 0.2) is 5.13 Å². The Bertz CT molecular complexity index is 898. The second-order valence-corrected chi connectivity index (χ2v) is 6.25. The molecule has 25 heavy (non-hydrogen) atoms. The van der Waals surface area contributed by atoms with Crippen LogP contribution >= 0.6 is 11.3 Å². The largest absolute Gasteiger partial charge is 0.465 e. The lowest BCUT2D eigenvalue weighted by atomic mass is 10.1. The van der Waals surface area contributed by atoms with Crippen molar-refractivity contribution in [2.45, 2.75) is 0 Å². The number of hydrogen-bond acceptors (Lipinski definition) is 5. The highest BCUT2D eigenvalue weighted by molar-refractivity contribution is 7.22. The number of benzene rings is 2. The van der Waals surface area contributed by atoms with E-state index >= 15 is 0 Å². The van der Waals surface area contributed by atoms with Crippen LogP contribution < -0.4 is 4.90 Å². The van der Waals surface area contributed by atoms with Crippen LogP contribution in [0.25, 0.3) is 10.2 Å². The Kier molecular flexibility index (Phi) is 4.90. The average molecular weight is 352 g/mol. The number of esters is 1. The fourth-order valence-electron chi connectivity index (χ4n) is 2.38. The molecule has 1 amide bonds. The maximum Gasteiger partial charge on any atom is 0.337 e. The molecule has 126 valence electrons. The molecule has 0 aliphatic heterocycles. The van der Waals surface area contributed by atoms with E-state index in [1.807, 2.05) is 24.3 Å². The molecule has 0 N–H and O–H groups in total. The number of thiazole rings is 1. The third-order valence-electron chi connectivity index (χ3n) is 3.62. The highest BCUT2D eigenvalue weighted by atomic mass is 32.1. The Labute approximate surface area is 149 Å². The predicted octanol–water partition coefficient (Wildman–Crippen LogP) is 3.92. The Hall–Kier alpha value is -2.99. The first kappa shape index (κ1) is 16.9. The van der Waals surface area contributed by atoms with Gasteiger partial charge >= 0.3 is 5.97 Å². The minimum atomic E-state index is -0.437. The minimum Gasteiger partial charge on any atom is -0.465 e. The number of nitrogens with zero attached hydrogens (tertiary/aromatic N) is 2. The Morgan fingerprint density at radius 3 is 2.48 bits per heavy atom. The molecule has 3 rings (SSSR count). The van der Waals surface area contributed by atoms with Gasteiger partial charge in [-0.05, 0) is 36.4 Å². The van der Waals surface area contributed by atoms with Gasteiger partial charge in [0, 0.05) is 12.1 Å². The van der Waals surface area contributed by atoms with Crippen molar-refractivity contribution in [2.24, 2.45) is 0 Å². The van der Waals surface area contributed by atoms with Crippen LogP contribution in [0.3, 0.4) is 0 Å². The maximum absolute atomic E-state index is 12.9. The topological polar surface area (TPSA) is 59.5 Å². The van der Waals surface area contributed by atoms with Crippen molar-refractivity contribution in [2.75, 3.05) is 18.6 Å². The summed E-state index contributed by atoms with van der Waals surface area (Å²) in [5.41, 5.74) is 1.72. The van der Waals surface area contributed by atoms with Crippen molar-refractivity contribution in [1.82, 2.24) is 4.98 Å². The van der Waals surface area contributed by atoms with Crippen LogP contribution in [-0.2, 0) is 4.74 Å². The summed E-state index contributed by atoms with van der Waals surface area (Å²) in [5, 5.41) is 0.614. The van der Waals surface area contributed by atoms with Crippen LogP contribution in [0.1, 0.15) is 20.7 Å². The van der Waals surface area contributed by atoms with Crippen LogP contribution in [0.15, 0.2) is 61.2 Å². The third-order valence-corrected chi connectivity index (χ3v) is 4.68. The number of hydrogen-bond donors (Lipinski definition) is 0. The van der Waals surface area contributed by atoms with Gasteiger partial charge < -0.3 is 4.74 Å². The van der Waals surface area contributed by atoms with Gasteiger partial charge in [0.1, 0.15) is 0 Å². The van der Waals surface area contributed by atoms with Crippen molar-refractivity contribution < 1.29 is 14.3 Å². The molecule has 0 unspecified atom stereocenters. The van der Waals surface area contributed by atoms with Crippen LogP contribution in [-0.4, -0.2) is 30.5 Å². The summed E-state index contributed by atoms with van der Waals surface area (Å²) in [6.45, 7) is 4.07. The summed E-state index contributed by atoms with van der Waals surface area (Å²) in [5.74, 6) is -0.636. The van der Waals surface area contributed by atoms with E-state index in [4.69, 9.17) is 0 Å². The van der Waals surface area contributed by atoms with Gasteiger partial charge in [-0.25, -0.2) is 9.78 Å². The van der Waals surface area contributed by atoms with Crippen LogP contribution in [0.5, 0.6) is 0 Å². The lowest BCUT2D eigenvalue weighted by Gasteiger charge is -2.18. The van der Waals surface area contributed by atoms with Gasteiger partial charge in [0.05, 0.1) is 22.9 Å². The number of carbonyl (C=O) groups is 2. The fraction of sp³-hybridized carbons (Fsp3) is 0.105. The van der Waals surface area contributed by atoms with Crippen LogP contribution in [0, 0.1) is 0 Å². The molecule has 0 aliphatic rings. The molecule has 0 saturated heterocycles. The summed E-state index contributed by atoms with van der Waals surface area (Å²) >= 11 is 1.45. The molecule has 0 bridgehead atoms. The second kappa shape index (κ2) is 7.27. The van der Waals surface area contributed by atoms with Gasteiger partial charge in [-0.2, -0.15) is 0 Å². The SMILES string of the molecule is C=CCN(C(=O)c1ccc(C(=O)OC)cc1)c1nc2ccccc2s1. The zero-order valence-electron chi connectivity index (χ0n) is 13.6. The second-order valence-electron chi connectivity index (χ2n) is 5.24. The molecule has 1 aromatic heterocycles. The van der Waals surface area contributed by atoms with E-state index in [0.29, 0.717) is 22.8 Å². The molecular weight excluding hydrogens is 336 g/mol. The number of ether oxygens (including phenoxy) is 1. The summed E-state index contributed by atoms with van der Waals surface area (Å²) in [6, 6.07) is 14.1. The van der Waals surface area contributed by atoms with Crippen LogP contribution in [0.2, 0.25) is 0 Å². The van der Waals surface area contributed by atoms with Crippen LogP contribution in [0.4, 0.5) is 5.13 Å². The van der Waals surface area contributed by atoms with Gasteiger partial charge in [0.25, 0.3) is 5.91 Å². The summed E-state index contributed by atoms with van der Waals surface area (Å²) in [6.07, 6.45) is 1.66. The molecule has 0 atom stereocenters. The Morgan fingerprint density at radius 1 is 1.16 bits per heavy atom. The van der Waals surface area contributed by atoms with E-state index in [1.165, 1.54) is 18.4 Å². The predicted molar refractivity (Wildman–Crippen MR) is 99.3 cm³/mol. The normalized spacial score (nSPS) is 10.4. The van der Waals surface area contributed by atoms with E-state index in [1.54, 1.807) is 35.2 Å². The highest BCUT2D eigenvalue weighted by Crippen LogP contribution is 2.29. The van der Waals surface area contributed by atoms with Gasteiger partial charge in [-0.3, -0.25) is 9.69 Å². The number of aromatic nitrogens is 1. The first-order valence-electron chi connectivity index (χ1n) is 7.60. The van der Waals surface area contributed by atoms with Crippen molar-refractivity contribution in [1.29, 1.82) is 0 Å². The first-order valence-corrected chi connectivity index (χ1v) is 8.42. The van der Waals surface area contributed by atoms with E-state index in [9.17, 15) is 9.59 Å². The fourth-order valence-corrected chi connectivity index (χ4v) is 3.35. The van der Waals surface area contributed by atoms with Crippen molar-refractivity contribution >= 4 is 38.6 Å². The molecule has 1 heterocycles. The molecule has 2 aromatic carbocycles. The molecule has 5 nitrogen and oxygen atoms in total. The molecule has 6 heteroatoms. The molecule has 0 saturated carbocycles. The van der Waals surface area contributed by atoms with Gasteiger partial charge in [-0.1, -0.05) is 29.5 Å². The van der Waals surface area contributed by atoms with E-state index in [-0.39, 0.29) is 5.91 Å². The third kappa shape index (κ3) is 3.44. The number of amides is 1. The molecular formula is C19H16N2O3S. The minimum absolute atomic E-state index is 0.199. The zero-order chi connectivity index (χ0) is 17.8. The number of rotatable bonds is 5. The maximum atomic E-state index is 12.9. The van der Waals surface area contributed by atoms with E-state index in [0.717, 1.165) is 10.2 Å². The van der Waals surface area contributed by atoms with Gasteiger partial charge in [-0.15, -0.1) is 6.58 Å². The summed E-state index contributed by atoms with van der Waals surface area (Å²) in [7, 11) is 1.32. The monoisotopic (exact) mass is 352 g/mol. The number of para-hydroxylation sites is 1. The molecule has 0 radical (unpaired) electrons. The van der Waals surface area contributed by atoms with E-state index in [2.05, 4.69) is 16.3 Å². The van der Waals surface area contributed by atoms with Crippen molar-refractivity contribution in [3.05, 3.63) is 72.3 Å². The van der Waals surface area contributed by atoms with E-state index < -0.39 is 5.97 Å². The molecule has 0 spiro atoms. The summed E-state index contributed by atoms with van der Waals surface area (Å²) in [4.78, 5) is 30.5. The summed E-state index contributed by atoms with van der Waals surface area (Å²) < 4.78 is 5.68. The molecule has 3 aromatic rings.